The first-order valence-electron chi connectivity index (χ1n) is 8.46. The summed E-state index contributed by atoms with van der Waals surface area (Å²) >= 11 is 0. The lowest BCUT2D eigenvalue weighted by molar-refractivity contribution is 0.0317. The Labute approximate surface area is 117 Å². The number of rotatable bonds is 9. The summed E-state index contributed by atoms with van der Waals surface area (Å²) in [5.74, 6) is 3.15. The summed E-state index contributed by atoms with van der Waals surface area (Å²) in [5, 5.41) is 7.05. The number of nitrogens with one attached hydrogen (secondary N) is 2. The fraction of sp³-hybridized carbons (Fsp3) is 1.00. The molecular weight excluding hydrogens is 236 g/mol. The van der Waals surface area contributed by atoms with E-state index in [0.717, 1.165) is 44.0 Å². The Balaban J connectivity index is 1.19. The molecule has 0 spiro atoms. The summed E-state index contributed by atoms with van der Waals surface area (Å²) in [4.78, 5) is 0. The Morgan fingerprint density at radius 2 is 1.68 bits per heavy atom. The first-order chi connectivity index (χ1) is 9.43. The van der Waals surface area contributed by atoms with Crippen molar-refractivity contribution < 1.29 is 4.74 Å². The van der Waals surface area contributed by atoms with Gasteiger partial charge in [-0.05, 0) is 88.9 Å². The van der Waals surface area contributed by atoms with Crippen LogP contribution in [-0.2, 0) is 4.74 Å². The topological polar surface area (TPSA) is 33.3 Å². The molecule has 0 bridgehead atoms. The van der Waals surface area contributed by atoms with E-state index in [2.05, 4.69) is 10.6 Å². The maximum atomic E-state index is 5.93. The summed E-state index contributed by atoms with van der Waals surface area (Å²) in [6.07, 6.45) is 10.1. The summed E-state index contributed by atoms with van der Waals surface area (Å²) < 4.78 is 5.93. The predicted molar refractivity (Wildman–Crippen MR) is 78.3 cm³/mol. The van der Waals surface area contributed by atoms with Gasteiger partial charge in [0, 0.05) is 6.61 Å². The highest BCUT2D eigenvalue weighted by Crippen LogP contribution is 2.48. The van der Waals surface area contributed by atoms with Crippen LogP contribution in [-0.4, -0.2) is 38.9 Å². The quantitative estimate of drug-likeness (QED) is 0.628. The summed E-state index contributed by atoms with van der Waals surface area (Å²) in [6.45, 7) is 5.61. The minimum Gasteiger partial charge on any atom is -0.378 e. The van der Waals surface area contributed by atoms with Crippen LogP contribution >= 0.6 is 0 Å². The molecule has 0 aromatic heterocycles. The predicted octanol–water partition coefficient (Wildman–Crippen LogP) is 2.17. The maximum absolute atomic E-state index is 5.93. The lowest BCUT2D eigenvalue weighted by Crippen LogP contribution is -2.33. The highest BCUT2D eigenvalue weighted by atomic mass is 16.5. The molecule has 19 heavy (non-hydrogen) atoms. The molecular formula is C16H30N2O. The van der Waals surface area contributed by atoms with Crippen molar-refractivity contribution in [2.24, 2.45) is 17.8 Å². The van der Waals surface area contributed by atoms with Gasteiger partial charge in [0.25, 0.3) is 0 Å². The molecule has 1 heterocycles. The van der Waals surface area contributed by atoms with E-state index >= 15 is 0 Å². The Bertz CT molecular complexity index is 245. The fourth-order valence-electron chi connectivity index (χ4n) is 3.44. The van der Waals surface area contributed by atoms with Gasteiger partial charge in [0.2, 0.25) is 0 Å². The Hall–Kier alpha value is -0.120. The van der Waals surface area contributed by atoms with Crippen LogP contribution in [0, 0.1) is 17.8 Å². The van der Waals surface area contributed by atoms with Crippen molar-refractivity contribution in [3.8, 4) is 0 Å². The van der Waals surface area contributed by atoms with E-state index in [1.54, 1.807) is 0 Å². The molecule has 3 rings (SSSR count). The van der Waals surface area contributed by atoms with Crippen molar-refractivity contribution in [3.05, 3.63) is 0 Å². The van der Waals surface area contributed by atoms with Crippen LogP contribution < -0.4 is 10.6 Å². The zero-order valence-corrected chi connectivity index (χ0v) is 12.2. The second-order valence-corrected chi connectivity index (χ2v) is 6.72. The molecule has 3 aliphatic rings. The number of hydrogen-bond acceptors (Lipinski definition) is 3. The molecule has 2 aliphatic carbocycles. The molecule has 0 aromatic carbocycles. The van der Waals surface area contributed by atoms with E-state index in [-0.39, 0.29) is 0 Å². The third-order valence-corrected chi connectivity index (χ3v) is 4.97. The number of hydrogen-bond donors (Lipinski definition) is 2. The van der Waals surface area contributed by atoms with Crippen molar-refractivity contribution in [3.63, 3.8) is 0 Å². The van der Waals surface area contributed by atoms with Crippen LogP contribution in [0.4, 0.5) is 0 Å². The van der Waals surface area contributed by atoms with E-state index in [1.165, 1.54) is 51.5 Å². The van der Waals surface area contributed by atoms with Gasteiger partial charge in [-0.1, -0.05) is 0 Å². The fourth-order valence-corrected chi connectivity index (χ4v) is 3.44. The lowest BCUT2D eigenvalue weighted by atomic mass is 9.98. The highest BCUT2D eigenvalue weighted by molar-refractivity contribution is 4.92. The summed E-state index contributed by atoms with van der Waals surface area (Å²) in [6, 6.07) is 0. The monoisotopic (exact) mass is 266 g/mol. The third kappa shape index (κ3) is 4.73. The Morgan fingerprint density at radius 1 is 1.00 bits per heavy atom. The molecule has 1 aliphatic heterocycles. The van der Waals surface area contributed by atoms with Crippen molar-refractivity contribution in [2.75, 3.05) is 32.8 Å². The van der Waals surface area contributed by atoms with Crippen LogP contribution in [0.2, 0.25) is 0 Å². The van der Waals surface area contributed by atoms with Crippen LogP contribution in [0.1, 0.15) is 44.9 Å². The molecule has 3 fully saturated rings. The minimum atomic E-state index is 0.520. The van der Waals surface area contributed by atoms with Gasteiger partial charge in [0.1, 0.15) is 0 Å². The van der Waals surface area contributed by atoms with Crippen molar-refractivity contribution >= 4 is 0 Å². The van der Waals surface area contributed by atoms with Gasteiger partial charge in [-0.3, -0.25) is 0 Å². The normalized spacial score (nSPS) is 25.1. The largest absolute Gasteiger partial charge is 0.378 e. The smallest absolute Gasteiger partial charge is 0.0599 e. The first-order valence-corrected chi connectivity index (χ1v) is 8.46. The molecule has 1 saturated heterocycles. The molecule has 0 atom stereocenters. The van der Waals surface area contributed by atoms with Gasteiger partial charge in [0.05, 0.1) is 6.10 Å². The Kier molecular flexibility index (Phi) is 5.14. The standard InChI is InChI=1S/C16H30N2O/c1(11-19-15-6-9-17-10-7-15)8-18-12-16(13-2-3-13)14-4-5-14/h13-18H,1-12H2. The molecule has 0 unspecified atom stereocenters. The average molecular weight is 266 g/mol. The van der Waals surface area contributed by atoms with E-state index in [4.69, 9.17) is 4.74 Å². The SMILES string of the molecule is C(CNCC(C1CC1)C1CC1)COC1CCNCC1. The molecule has 3 heteroatoms. The van der Waals surface area contributed by atoms with Gasteiger partial charge in [-0.25, -0.2) is 0 Å². The zero-order valence-electron chi connectivity index (χ0n) is 12.2. The van der Waals surface area contributed by atoms with Crippen molar-refractivity contribution in [1.29, 1.82) is 0 Å². The van der Waals surface area contributed by atoms with Crippen LogP contribution in [0.15, 0.2) is 0 Å². The van der Waals surface area contributed by atoms with E-state index in [0.29, 0.717) is 6.10 Å². The van der Waals surface area contributed by atoms with Crippen LogP contribution in [0.5, 0.6) is 0 Å². The van der Waals surface area contributed by atoms with Crippen molar-refractivity contribution in [1.82, 2.24) is 10.6 Å². The van der Waals surface area contributed by atoms with E-state index in [1.807, 2.05) is 0 Å². The second kappa shape index (κ2) is 7.05. The highest BCUT2D eigenvalue weighted by Gasteiger charge is 2.40. The molecule has 110 valence electrons. The van der Waals surface area contributed by atoms with Gasteiger partial charge in [0.15, 0.2) is 0 Å². The summed E-state index contributed by atoms with van der Waals surface area (Å²) in [5.41, 5.74) is 0. The third-order valence-electron chi connectivity index (χ3n) is 4.97. The van der Waals surface area contributed by atoms with Gasteiger partial charge in [-0.15, -0.1) is 0 Å². The van der Waals surface area contributed by atoms with E-state index < -0.39 is 0 Å². The number of piperidine rings is 1. The van der Waals surface area contributed by atoms with Crippen LogP contribution in [0.3, 0.4) is 0 Å². The molecule has 2 saturated carbocycles. The average Bonchev–Trinajstić information content (AvgIpc) is 3.31. The molecule has 0 radical (unpaired) electrons. The molecule has 0 aromatic rings. The number of ether oxygens (including phenoxy) is 1. The van der Waals surface area contributed by atoms with Gasteiger partial charge < -0.3 is 15.4 Å². The zero-order chi connectivity index (χ0) is 12.9. The second-order valence-electron chi connectivity index (χ2n) is 6.72. The molecule has 3 nitrogen and oxygen atoms in total. The van der Waals surface area contributed by atoms with Crippen LogP contribution in [0.25, 0.3) is 0 Å². The van der Waals surface area contributed by atoms with Crippen molar-refractivity contribution in [2.45, 2.75) is 51.0 Å². The summed E-state index contributed by atoms with van der Waals surface area (Å²) in [7, 11) is 0. The van der Waals surface area contributed by atoms with Gasteiger partial charge in [-0.2, -0.15) is 0 Å². The maximum Gasteiger partial charge on any atom is 0.0599 e. The lowest BCUT2D eigenvalue weighted by Gasteiger charge is -2.23. The Morgan fingerprint density at radius 3 is 2.32 bits per heavy atom. The minimum absolute atomic E-state index is 0.520. The van der Waals surface area contributed by atoms with E-state index in [9.17, 15) is 0 Å². The molecule has 2 N–H and O–H groups in total. The first kappa shape index (κ1) is 13.8. The van der Waals surface area contributed by atoms with Gasteiger partial charge >= 0.3 is 0 Å². The molecule has 0 amide bonds.